The summed E-state index contributed by atoms with van der Waals surface area (Å²) in [4.78, 5) is 24.1. The quantitative estimate of drug-likeness (QED) is 0.719. The number of carbonyl (C=O) groups is 1. The molecule has 130 valence electrons. The molecule has 0 spiro atoms. The first-order chi connectivity index (χ1) is 11.5. The van der Waals surface area contributed by atoms with Crippen LogP contribution in [0.5, 0.6) is 0 Å². The van der Waals surface area contributed by atoms with Gasteiger partial charge in [0.2, 0.25) is 5.91 Å². The molecule has 0 saturated heterocycles. The van der Waals surface area contributed by atoms with Gasteiger partial charge in [0.25, 0.3) is 0 Å². The number of hydrogen-bond acceptors (Lipinski definition) is 4. The van der Waals surface area contributed by atoms with Crippen molar-refractivity contribution < 1.29 is 4.79 Å². The topological polar surface area (TPSA) is 79.8 Å². The molecule has 0 saturated carbocycles. The molecule has 1 heterocycles. The third-order valence-electron chi connectivity index (χ3n) is 3.74. The first-order valence-corrected chi connectivity index (χ1v) is 9.14. The van der Waals surface area contributed by atoms with Gasteiger partial charge in [0.1, 0.15) is 0 Å². The summed E-state index contributed by atoms with van der Waals surface area (Å²) in [5, 5.41) is 9.58. The molecule has 1 aromatic heterocycles. The number of carbonyl (C=O) groups excluding carboxylic acids is 1. The number of nitrogens with one attached hydrogen (secondary N) is 2. The second kappa shape index (κ2) is 8.73. The van der Waals surface area contributed by atoms with E-state index in [2.05, 4.69) is 29.4 Å². The molecule has 7 heteroatoms. The predicted octanol–water partition coefficient (Wildman–Crippen LogP) is 3.05. The minimum Gasteiger partial charge on any atom is -0.325 e. The number of hydrogen-bond donors (Lipinski definition) is 2. The highest BCUT2D eigenvalue weighted by molar-refractivity contribution is 8.00. The van der Waals surface area contributed by atoms with Gasteiger partial charge >= 0.3 is 5.69 Å². The van der Waals surface area contributed by atoms with Crippen molar-refractivity contribution in [2.45, 2.75) is 57.0 Å². The second-order valence-corrected chi connectivity index (χ2v) is 6.92. The molecule has 0 aliphatic rings. The van der Waals surface area contributed by atoms with E-state index in [0.717, 1.165) is 24.9 Å². The number of aryl methyl sites for hydroxylation is 1. The number of rotatable bonds is 8. The summed E-state index contributed by atoms with van der Waals surface area (Å²) in [6, 6.07) is 7.81. The standard InChI is InChI=1S/C17H24N4O2S/c1-4-6-11-21-16(23)19-20-17(21)24-12(3)15(22)18-14-9-7-13(5-2)8-10-14/h7-10,12H,4-6,11H2,1-3H3,(H,18,22)(H,19,23). The molecule has 1 atom stereocenters. The van der Waals surface area contributed by atoms with Crippen molar-refractivity contribution in [2.75, 3.05) is 5.32 Å². The average Bonchev–Trinajstić information content (AvgIpc) is 2.93. The predicted molar refractivity (Wildman–Crippen MR) is 97.5 cm³/mol. The second-order valence-electron chi connectivity index (χ2n) is 5.62. The zero-order valence-corrected chi connectivity index (χ0v) is 15.2. The van der Waals surface area contributed by atoms with Crippen molar-refractivity contribution in [1.82, 2.24) is 14.8 Å². The number of benzene rings is 1. The third kappa shape index (κ3) is 4.74. The molecular formula is C17H24N4O2S. The van der Waals surface area contributed by atoms with Crippen molar-refractivity contribution >= 4 is 23.4 Å². The van der Waals surface area contributed by atoms with E-state index in [1.165, 1.54) is 17.3 Å². The summed E-state index contributed by atoms with van der Waals surface area (Å²) in [5.41, 5.74) is 1.77. The number of unbranched alkanes of at least 4 members (excludes halogenated alkanes) is 1. The minimum absolute atomic E-state index is 0.110. The van der Waals surface area contributed by atoms with Crippen LogP contribution in [0.1, 0.15) is 39.2 Å². The Morgan fingerprint density at radius 2 is 2.04 bits per heavy atom. The van der Waals surface area contributed by atoms with Crippen LogP contribution < -0.4 is 11.0 Å². The van der Waals surface area contributed by atoms with Crippen molar-refractivity contribution in [3.05, 3.63) is 40.3 Å². The molecule has 0 fully saturated rings. The van der Waals surface area contributed by atoms with E-state index in [1.54, 1.807) is 4.57 Å². The fourth-order valence-corrected chi connectivity index (χ4v) is 3.07. The van der Waals surface area contributed by atoms with Crippen LogP contribution in [0, 0.1) is 0 Å². The van der Waals surface area contributed by atoms with Gasteiger partial charge in [-0.3, -0.25) is 9.36 Å². The number of thioether (sulfide) groups is 1. The van der Waals surface area contributed by atoms with Crippen LogP contribution in [0.3, 0.4) is 0 Å². The van der Waals surface area contributed by atoms with E-state index < -0.39 is 0 Å². The Bertz CT molecular complexity index is 721. The summed E-state index contributed by atoms with van der Waals surface area (Å²) < 4.78 is 1.59. The van der Waals surface area contributed by atoms with Crippen LogP contribution in [0.2, 0.25) is 0 Å². The molecule has 1 unspecified atom stereocenters. The van der Waals surface area contributed by atoms with Gasteiger partial charge in [-0.25, -0.2) is 9.89 Å². The van der Waals surface area contributed by atoms with E-state index in [-0.39, 0.29) is 16.8 Å². The molecule has 0 aliphatic carbocycles. The molecule has 2 aromatic rings. The molecule has 1 amide bonds. The number of nitrogens with zero attached hydrogens (tertiary/aromatic N) is 2. The van der Waals surface area contributed by atoms with Gasteiger partial charge < -0.3 is 5.32 Å². The van der Waals surface area contributed by atoms with E-state index >= 15 is 0 Å². The molecule has 0 aliphatic heterocycles. The summed E-state index contributed by atoms with van der Waals surface area (Å²) in [7, 11) is 0. The number of H-pyrrole nitrogens is 1. The Labute approximate surface area is 146 Å². The molecule has 24 heavy (non-hydrogen) atoms. The highest BCUT2D eigenvalue weighted by Crippen LogP contribution is 2.21. The average molecular weight is 348 g/mol. The Balaban J connectivity index is 1.99. The first-order valence-electron chi connectivity index (χ1n) is 8.26. The Kier molecular flexibility index (Phi) is 6.66. The molecule has 2 N–H and O–H groups in total. The Hall–Kier alpha value is -2.02. The van der Waals surface area contributed by atoms with Crippen LogP contribution >= 0.6 is 11.8 Å². The maximum Gasteiger partial charge on any atom is 0.343 e. The Morgan fingerprint density at radius 1 is 1.33 bits per heavy atom. The van der Waals surface area contributed by atoms with Crippen molar-refractivity contribution in [3.8, 4) is 0 Å². The third-order valence-corrected chi connectivity index (χ3v) is 4.83. The molecule has 6 nitrogen and oxygen atoms in total. The van der Waals surface area contributed by atoms with E-state index in [0.29, 0.717) is 11.7 Å². The number of aromatic nitrogens is 3. The van der Waals surface area contributed by atoms with Gasteiger partial charge in [0.15, 0.2) is 5.16 Å². The lowest BCUT2D eigenvalue weighted by Gasteiger charge is -2.12. The van der Waals surface area contributed by atoms with Gasteiger partial charge in [-0.05, 0) is 37.5 Å². The highest BCUT2D eigenvalue weighted by Gasteiger charge is 2.19. The van der Waals surface area contributed by atoms with Gasteiger partial charge in [-0.2, -0.15) is 0 Å². The van der Waals surface area contributed by atoms with E-state index in [1.807, 2.05) is 31.2 Å². The SMILES string of the molecule is CCCCn1c(SC(C)C(=O)Nc2ccc(CC)cc2)n[nH]c1=O. The van der Waals surface area contributed by atoms with Crippen LogP contribution in [0.4, 0.5) is 5.69 Å². The molecular weight excluding hydrogens is 324 g/mol. The van der Waals surface area contributed by atoms with Crippen molar-refractivity contribution in [2.24, 2.45) is 0 Å². The van der Waals surface area contributed by atoms with Crippen LogP contribution in [-0.2, 0) is 17.8 Å². The van der Waals surface area contributed by atoms with Gasteiger partial charge in [-0.15, -0.1) is 5.10 Å². The summed E-state index contributed by atoms with van der Waals surface area (Å²) in [6.45, 7) is 6.58. The largest absolute Gasteiger partial charge is 0.343 e. The molecule has 2 rings (SSSR count). The fourth-order valence-electron chi connectivity index (χ4n) is 2.19. The zero-order valence-electron chi connectivity index (χ0n) is 14.3. The zero-order chi connectivity index (χ0) is 17.5. The van der Waals surface area contributed by atoms with E-state index in [9.17, 15) is 9.59 Å². The van der Waals surface area contributed by atoms with Crippen LogP contribution in [0.15, 0.2) is 34.2 Å². The van der Waals surface area contributed by atoms with Crippen molar-refractivity contribution in [1.29, 1.82) is 0 Å². The molecule has 1 aromatic carbocycles. The van der Waals surface area contributed by atoms with E-state index in [4.69, 9.17) is 0 Å². The summed E-state index contributed by atoms with van der Waals surface area (Å²) in [5.74, 6) is -0.110. The van der Waals surface area contributed by atoms with Crippen LogP contribution in [-0.4, -0.2) is 25.9 Å². The molecule has 0 radical (unpaired) electrons. The van der Waals surface area contributed by atoms with Gasteiger partial charge in [0, 0.05) is 12.2 Å². The number of aromatic amines is 1. The minimum atomic E-state index is -0.355. The first kappa shape index (κ1) is 18.3. The monoisotopic (exact) mass is 348 g/mol. The molecule has 0 bridgehead atoms. The lowest BCUT2D eigenvalue weighted by molar-refractivity contribution is -0.115. The normalized spacial score (nSPS) is 12.1. The summed E-state index contributed by atoms with van der Waals surface area (Å²) >= 11 is 1.29. The fraction of sp³-hybridized carbons (Fsp3) is 0.471. The van der Waals surface area contributed by atoms with Crippen molar-refractivity contribution in [3.63, 3.8) is 0 Å². The highest BCUT2D eigenvalue weighted by atomic mass is 32.2. The number of anilines is 1. The van der Waals surface area contributed by atoms with Crippen LogP contribution in [0.25, 0.3) is 0 Å². The number of amides is 1. The lowest BCUT2D eigenvalue weighted by Crippen LogP contribution is -2.24. The lowest BCUT2D eigenvalue weighted by atomic mass is 10.1. The maximum absolute atomic E-state index is 12.3. The van der Waals surface area contributed by atoms with Gasteiger partial charge in [-0.1, -0.05) is 44.2 Å². The maximum atomic E-state index is 12.3. The Morgan fingerprint density at radius 3 is 2.67 bits per heavy atom. The van der Waals surface area contributed by atoms with Gasteiger partial charge in [0.05, 0.1) is 5.25 Å². The smallest absolute Gasteiger partial charge is 0.325 e. The summed E-state index contributed by atoms with van der Waals surface area (Å²) in [6.07, 6.45) is 2.86.